The van der Waals surface area contributed by atoms with Gasteiger partial charge in [0.25, 0.3) is 0 Å². The van der Waals surface area contributed by atoms with Crippen LogP contribution in [0.2, 0.25) is 0 Å². The molecular formula is C8H17NO. The number of hydrogen-bond acceptors (Lipinski definition) is 1. The van der Waals surface area contributed by atoms with Crippen LogP contribution in [0.1, 0.15) is 19.8 Å². The molecule has 1 saturated heterocycles. The van der Waals surface area contributed by atoms with Gasteiger partial charge in [-0.3, -0.25) is 0 Å². The first-order valence-corrected chi connectivity index (χ1v) is 3.94. The summed E-state index contributed by atoms with van der Waals surface area (Å²) in [6.45, 7) is 4.70. The summed E-state index contributed by atoms with van der Waals surface area (Å²) in [5.41, 5.74) is 0.196. The summed E-state index contributed by atoms with van der Waals surface area (Å²) >= 11 is 0. The van der Waals surface area contributed by atoms with Crippen molar-refractivity contribution in [3.05, 3.63) is 7.05 Å². The van der Waals surface area contributed by atoms with E-state index >= 15 is 0 Å². The average molecular weight is 143 g/mol. The van der Waals surface area contributed by atoms with Crippen molar-refractivity contribution >= 4 is 0 Å². The molecule has 0 unspecified atom stereocenters. The zero-order valence-electron chi connectivity index (χ0n) is 6.69. The molecule has 1 fully saturated rings. The number of piperidine rings is 1. The van der Waals surface area contributed by atoms with Crippen LogP contribution in [-0.4, -0.2) is 24.8 Å². The van der Waals surface area contributed by atoms with E-state index in [4.69, 9.17) is 5.11 Å². The Bertz CT molecular complexity index is 106. The number of hydrogen-bond donors (Lipinski definition) is 2. The van der Waals surface area contributed by atoms with Crippen molar-refractivity contribution in [2.45, 2.75) is 19.8 Å². The molecule has 0 radical (unpaired) electrons. The van der Waals surface area contributed by atoms with Gasteiger partial charge in [-0.05, 0) is 0 Å². The van der Waals surface area contributed by atoms with Gasteiger partial charge in [-0.25, -0.2) is 0 Å². The second kappa shape index (κ2) is 2.89. The predicted octanol–water partition coefficient (Wildman–Crippen LogP) is -0.545. The van der Waals surface area contributed by atoms with Gasteiger partial charge in [-0.1, -0.05) is 6.92 Å². The minimum Gasteiger partial charge on any atom is -0.468 e. The van der Waals surface area contributed by atoms with Crippen molar-refractivity contribution in [3.8, 4) is 0 Å². The Morgan fingerprint density at radius 2 is 2.00 bits per heavy atom. The van der Waals surface area contributed by atoms with Crippen LogP contribution in [0.4, 0.5) is 0 Å². The van der Waals surface area contributed by atoms with Gasteiger partial charge in [0, 0.05) is 24.9 Å². The summed E-state index contributed by atoms with van der Waals surface area (Å²) in [6, 6.07) is 0. The van der Waals surface area contributed by atoms with Crippen LogP contribution in [-0.2, 0) is 0 Å². The minimum atomic E-state index is 0.196. The second-order valence-corrected chi connectivity index (χ2v) is 3.72. The van der Waals surface area contributed by atoms with Crippen molar-refractivity contribution in [1.82, 2.24) is 0 Å². The molecule has 0 spiro atoms. The Labute approximate surface area is 62.8 Å². The summed E-state index contributed by atoms with van der Waals surface area (Å²) in [6.07, 6.45) is 2.23. The van der Waals surface area contributed by atoms with E-state index in [1.54, 1.807) is 0 Å². The van der Waals surface area contributed by atoms with Crippen LogP contribution in [0.15, 0.2) is 0 Å². The molecule has 1 heterocycles. The number of quaternary nitrogens is 1. The highest BCUT2D eigenvalue weighted by Crippen LogP contribution is 2.24. The Hall–Kier alpha value is -0.0800. The van der Waals surface area contributed by atoms with Gasteiger partial charge in [0.1, 0.15) is 0 Å². The van der Waals surface area contributed by atoms with Crippen LogP contribution in [0.25, 0.3) is 0 Å². The predicted molar refractivity (Wildman–Crippen MR) is 40.5 cm³/mol. The summed E-state index contributed by atoms with van der Waals surface area (Å²) in [7, 11) is 3.93. The quantitative estimate of drug-likeness (QED) is 0.473. The maximum Gasteiger partial charge on any atom is 0.0536 e. The number of aliphatic hydroxyl groups excluding tert-OH is 1. The largest absolute Gasteiger partial charge is 0.468 e. The Kier molecular flexibility index (Phi) is 2.32. The van der Waals surface area contributed by atoms with Gasteiger partial charge in [0.2, 0.25) is 0 Å². The zero-order chi connectivity index (χ0) is 7.61. The third-order valence-corrected chi connectivity index (χ3v) is 2.55. The van der Waals surface area contributed by atoms with Gasteiger partial charge in [-0.15, -0.1) is 0 Å². The Morgan fingerprint density at radius 3 is 2.40 bits per heavy atom. The zero-order valence-corrected chi connectivity index (χ0v) is 6.69. The molecule has 2 heteroatoms. The molecule has 0 aromatic carbocycles. The van der Waals surface area contributed by atoms with Crippen molar-refractivity contribution in [2.24, 2.45) is 5.41 Å². The topological polar surface area (TPSA) is 24.7 Å². The maximum absolute atomic E-state index is 9.01. The van der Waals surface area contributed by atoms with Gasteiger partial charge < -0.3 is 10.0 Å². The fourth-order valence-corrected chi connectivity index (χ4v) is 1.37. The van der Waals surface area contributed by atoms with E-state index in [1.165, 1.54) is 4.90 Å². The highest BCUT2D eigenvalue weighted by atomic mass is 16.3. The summed E-state index contributed by atoms with van der Waals surface area (Å²) in [5, 5.41) is 9.01. The molecule has 0 aromatic heterocycles. The SMILES string of the molecule is [CH2-][NH+]1CCC(C)(CO)CC1. The van der Waals surface area contributed by atoms with Gasteiger partial charge in [0.05, 0.1) is 13.1 Å². The van der Waals surface area contributed by atoms with E-state index in [0.717, 1.165) is 25.9 Å². The van der Waals surface area contributed by atoms with Crippen LogP contribution < -0.4 is 4.90 Å². The lowest BCUT2D eigenvalue weighted by atomic mass is 9.81. The number of aliphatic hydroxyl groups is 1. The summed E-state index contributed by atoms with van der Waals surface area (Å²) in [4.78, 5) is 1.35. The van der Waals surface area contributed by atoms with E-state index in [-0.39, 0.29) is 5.41 Å². The smallest absolute Gasteiger partial charge is 0.0536 e. The van der Waals surface area contributed by atoms with Gasteiger partial charge in [-0.2, -0.15) is 7.05 Å². The first-order valence-electron chi connectivity index (χ1n) is 3.94. The van der Waals surface area contributed by atoms with Crippen LogP contribution in [0, 0.1) is 12.5 Å². The highest BCUT2D eigenvalue weighted by molar-refractivity contribution is 4.74. The third-order valence-electron chi connectivity index (χ3n) is 2.55. The molecule has 1 aliphatic heterocycles. The fraction of sp³-hybridized carbons (Fsp3) is 0.875. The van der Waals surface area contributed by atoms with Crippen molar-refractivity contribution in [1.29, 1.82) is 0 Å². The average Bonchev–Trinajstić information content (AvgIpc) is 1.96. The van der Waals surface area contributed by atoms with E-state index in [2.05, 4.69) is 14.0 Å². The molecule has 0 bridgehead atoms. The molecule has 0 amide bonds. The number of likely N-dealkylation sites (tertiary alicyclic amines) is 1. The van der Waals surface area contributed by atoms with Crippen molar-refractivity contribution in [3.63, 3.8) is 0 Å². The third kappa shape index (κ3) is 1.70. The van der Waals surface area contributed by atoms with Gasteiger partial charge >= 0.3 is 0 Å². The van der Waals surface area contributed by atoms with Crippen LogP contribution >= 0.6 is 0 Å². The Morgan fingerprint density at radius 1 is 1.50 bits per heavy atom. The number of rotatable bonds is 1. The molecule has 0 aliphatic carbocycles. The maximum atomic E-state index is 9.01. The van der Waals surface area contributed by atoms with Gasteiger partial charge in [0.15, 0.2) is 0 Å². The molecule has 1 rings (SSSR count). The fourth-order valence-electron chi connectivity index (χ4n) is 1.37. The van der Waals surface area contributed by atoms with Crippen molar-refractivity contribution < 1.29 is 10.0 Å². The second-order valence-electron chi connectivity index (χ2n) is 3.72. The molecule has 0 saturated carbocycles. The lowest BCUT2D eigenvalue weighted by Crippen LogP contribution is -3.08. The monoisotopic (exact) mass is 143 g/mol. The molecule has 10 heavy (non-hydrogen) atoms. The number of nitrogens with one attached hydrogen (secondary N) is 1. The summed E-state index contributed by atoms with van der Waals surface area (Å²) in [5.74, 6) is 0. The Balaban J connectivity index is 2.38. The van der Waals surface area contributed by atoms with E-state index in [9.17, 15) is 0 Å². The molecule has 0 atom stereocenters. The van der Waals surface area contributed by atoms with Crippen LogP contribution in [0.3, 0.4) is 0 Å². The first kappa shape index (κ1) is 8.02. The molecule has 1 aliphatic rings. The highest BCUT2D eigenvalue weighted by Gasteiger charge is 2.28. The molecular weight excluding hydrogens is 126 g/mol. The lowest BCUT2D eigenvalue weighted by Gasteiger charge is -2.37. The van der Waals surface area contributed by atoms with E-state index in [1.807, 2.05) is 0 Å². The lowest BCUT2D eigenvalue weighted by molar-refractivity contribution is -0.862. The summed E-state index contributed by atoms with van der Waals surface area (Å²) < 4.78 is 0. The van der Waals surface area contributed by atoms with Crippen molar-refractivity contribution in [2.75, 3.05) is 19.7 Å². The normalized spacial score (nSPS) is 41.7. The molecule has 0 aromatic rings. The first-order chi connectivity index (χ1) is 4.66. The molecule has 2 N–H and O–H groups in total. The minimum absolute atomic E-state index is 0.196. The van der Waals surface area contributed by atoms with E-state index in [0.29, 0.717) is 6.61 Å². The molecule has 2 nitrogen and oxygen atoms in total. The molecule has 60 valence electrons. The van der Waals surface area contributed by atoms with Crippen LogP contribution in [0.5, 0.6) is 0 Å². The standard InChI is InChI=1S/C8H17NO/c1-8(7-10)3-5-9(2)6-4-8/h9-10H,2-7H2,1H3. The van der Waals surface area contributed by atoms with E-state index < -0.39 is 0 Å².